The van der Waals surface area contributed by atoms with Gasteiger partial charge in [0, 0.05) is 5.56 Å². The Morgan fingerprint density at radius 2 is 2.03 bits per heavy atom. The van der Waals surface area contributed by atoms with Crippen molar-refractivity contribution >= 4 is 17.6 Å². The number of rotatable bonds is 5. The summed E-state index contributed by atoms with van der Waals surface area (Å²) < 4.78 is 21.3. The second kappa shape index (κ2) is 9.21. The van der Waals surface area contributed by atoms with Gasteiger partial charge in [0.15, 0.2) is 5.78 Å². The molecule has 2 aromatic rings. The highest BCUT2D eigenvalue weighted by atomic mass is 19.1. The number of carbonyl (C=O) groups excluding carboxylic acids is 3. The number of ketones is 1. The molecule has 5 rings (SSSR count). The van der Waals surface area contributed by atoms with Crippen LogP contribution < -0.4 is 5.32 Å². The number of Topliss-reactive ketones (excluding diaryl/α,β-unsaturated/α-hetero) is 1. The zero-order valence-corrected chi connectivity index (χ0v) is 18.8. The molecule has 3 aliphatic rings. The molecule has 2 saturated heterocycles. The van der Waals surface area contributed by atoms with Gasteiger partial charge >= 0.3 is 0 Å². The summed E-state index contributed by atoms with van der Waals surface area (Å²) in [5, 5.41) is 14.0. The summed E-state index contributed by atoms with van der Waals surface area (Å²) in [6, 6.07) is 4.97. The van der Waals surface area contributed by atoms with Gasteiger partial charge in [-0.15, -0.1) is 5.10 Å². The average molecular weight is 471 g/mol. The van der Waals surface area contributed by atoms with Crippen LogP contribution in [0.5, 0.6) is 0 Å². The first-order chi connectivity index (χ1) is 16.4. The van der Waals surface area contributed by atoms with Gasteiger partial charge in [0.2, 0.25) is 5.91 Å². The number of ether oxygens (including phenoxy) is 1. The summed E-state index contributed by atoms with van der Waals surface area (Å²) >= 11 is 0. The highest BCUT2D eigenvalue weighted by molar-refractivity contribution is 5.99. The first-order valence-corrected chi connectivity index (χ1v) is 11.7. The average Bonchev–Trinajstić information content (AvgIpc) is 3.58. The summed E-state index contributed by atoms with van der Waals surface area (Å²) in [7, 11) is 0. The third-order valence-corrected chi connectivity index (χ3v) is 7.21. The van der Waals surface area contributed by atoms with Gasteiger partial charge in [-0.05, 0) is 53.3 Å². The van der Waals surface area contributed by atoms with E-state index in [4.69, 9.17) is 4.74 Å². The molecule has 1 aliphatic carbocycles. The van der Waals surface area contributed by atoms with E-state index in [1.54, 1.807) is 24.3 Å². The van der Waals surface area contributed by atoms with Gasteiger partial charge in [-0.25, -0.2) is 9.07 Å². The number of halogens is 1. The van der Waals surface area contributed by atoms with Gasteiger partial charge < -0.3 is 15.0 Å². The topological polar surface area (TPSA) is 119 Å². The molecule has 1 N–H and O–H groups in total. The fourth-order valence-corrected chi connectivity index (χ4v) is 5.30. The van der Waals surface area contributed by atoms with Crippen LogP contribution in [0.25, 0.3) is 5.69 Å². The number of hydrogen-bond donors (Lipinski definition) is 1. The molecule has 4 atom stereocenters. The van der Waals surface area contributed by atoms with Gasteiger partial charge in [0.25, 0.3) is 5.91 Å². The smallest absolute Gasteiger partial charge is 0.252 e. The number of nitrogens with zero attached hydrogens (tertiary/aromatic N) is 5. The zero-order chi connectivity index (χ0) is 23.8. The number of carbonyl (C=O) groups is 3. The molecular weight excluding hydrogens is 443 g/mol. The lowest BCUT2D eigenvalue weighted by Crippen LogP contribution is -2.55. The van der Waals surface area contributed by atoms with Gasteiger partial charge in [0.05, 0.1) is 12.2 Å². The van der Waals surface area contributed by atoms with E-state index < -0.39 is 36.2 Å². The summed E-state index contributed by atoms with van der Waals surface area (Å²) in [6.45, 7) is 1.77. The van der Waals surface area contributed by atoms with E-state index in [9.17, 15) is 18.8 Å². The van der Waals surface area contributed by atoms with Crippen molar-refractivity contribution < 1.29 is 23.5 Å². The lowest BCUT2D eigenvalue weighted by atomic mass is 9.78. The SMILES string of the molecule is C[C@H]1CC[C@H](C(NC(=O)c2cccc(-n3cnnn3)c2)C(=O)N2C[C@H](F)[C@H]3OCC(=O)[C@H]32)CC1. The monoisotopic (exact) mass is 470 g/mol. The van der Waals surface area contributed by atoms with Crippen LogP contribution in [-0.2, 0) is 14.3 Å². The zero-order valence-electron chi connectivity index (χ0n) is 18.8. The quantitative estimate of drug-likeness (QED) is 0.695. The molecule has 2 amide bonds. The number of nitrogens with one attached hydrogen (secondary N) is 1. The van der Waals surface area contributed by atoms with E-state index in [0.717, 1.165) is 25.7 Å². The maximum absolute atomic E-state index is 14.5. The lowest BCUT2D eigenvalue weighted by molar-refractivity contribution is -0.139. The second-order valence-corrected chi connectivity index (χ2v) is 9.47. The standard InChI is InChI=1S/C23H27FN6O4/c1-13-5-7-14(8-6-13)19(23(33)29-10-17(24)21-20(29)18(31)11-34-21)26-22(32)15-3-2-4-16(9-15)30-12-25-27-28-30/h2-4,9,12-14,17,19-21H,5-8,10-11H2,1H3,(H,26,32)/t13-,14-,17-,19?,20+,21+/m0/s1. The van der Waals surface area contributed by atoms with Gasteiger partial charge in [-0.2, -0.15) is 0 Å². The Morgan fingerprint density at radius 3 is 2.76 bits per heavy atom. The molecule has 3 heterocycles. The number of alkyl halides is 1. The largest absolute Gasteiger partial charge is 0.365 e. The minimum Gasteiger partial charge on any atom is -0.365 e. The van der Waals surface area contributed by atoms with Crippen molar-refractivity contribution in [2.24, 2.45) is 11.8 Å². The number of hydrogen-bond acceptors (Lipinski definition) is 7. The van der Waals surface area contributed by atoms with E-state index >= 15 is 0 Å². The minimum atomic E-state index is -1.42. The first kappa shape index (κ1) is 22.6. The molecule has 3 fully saturated rings. The molecule has 0 radical (unpaired) electrons. The Bertz CT molecular complexity index is 1070. The van der Waals surface area contributed by atoms with Crippen molar-refractivity contribution in [2.75, 3.05) is 13.2 Å². The Hall–Kier alpha value is -3.21. The Labute approximate surface area is 195 Å². The molecule has 0 spiro atoms. The van der Waals surface area contributed by atoms with E-state index in [-0.39, 0.29) is 24.9 Å². The molecule has 1 saturated carbocycles. The van der Waals surface area contributed by atoms with Crippen LogP contribution in [0.3, 0.4) is 0 Å². The van der Waals surface area contributed by atoms with Gasteiger partial charge in [-0.3, -0.25) is 14.4 Å². The summed E-state index contributed by atoms with van der Waals surface area (Å²) in [5.41, 5.74) is 0.946. The molecule has 2 aliphatic heterocycles. The van der Waals surface area contributed by atoms with E-state index in [2.05, 4.69) is 27.8 Å². The predicted molar refractivity (Wildman–Crippen MR) is 117 cm³/mol. The maximum atomic E-state index is 14.5. The first-order valence-electron chi connectivity index (χ1n) is 11.7. The minimum absolute atomic E-state index is 0.0927. The van der Waals surface area contributed by atoms with Crippen molar-refractivity contribution in [3.63, 3.8) is 0 Å². The second-order valence-electron chi connectivity index (χ2n) is 9.47. The Kier molecular flexibility index (Phi) is 6.11. The number of tetrazole rings is 1. The Balaban J connectivity index is 1.39. The number of fused-ring (bicyclic) bond motifs is 1. The summed E-state index contributed by atoms with van der Waals surface area (Å²) in [5.74, 6) is -0.682. The molecule has 1 unspecified atom stereocenters. The third-order valence-electron chi connectivity index (χ3n) is 7.21. The van der Waals surface area contributed by atoms with Crippen LogP contribution >= 0.6 is 0 Å². The van der Waals surface area contributed by atoms with E-state index in [1.807, 2.05) is 0 Å². The van der Waals surface area contributed by atoms with Crippen LogP contribution in [0.15, 0.2) is 30.6 Å². The van der Waals surface area contributed by atoms with Gasteiger partial charge in [-0.1, -0.05) is 25.8 Å². The van der Waals surface area contributed by atoms with Crippen molar-refractivity contribution in [1.82, 2.24) is 30.4 Å². The highest BCUT2D eigenvalue weighted by Gasteiger charge is 2.54. The highest BCUT2D eigenvalue weighted by Crippen LogP contribution is 2.34. The molecule has 1 aromatic heterocycles. The van der Waals surface area contributed by atoms with E-state index in [0.29, 0.717) is 17.2 Å². The molecule has 11 heteroatoms. The number of likely N-dealkylation sites (tertiary alicyclic amines) is 1. The van der Waals surface area contributed by atoms with Gasteiger partial charge in [0.1, 0.15) is 37.3 Å². The maximum Gasteiger partial charge on any atom is 0.252 e. The summed E-state index contributed by atoms with van der Waals surface area (Å²) in [6.07, 6.45) is 2.51. The van der Waals surface area contributed by atoms with Crippen LogP contribution in [0.2, 0.25) is 0 Å². The van der Waals surface area contributed by atoms with Crippen LogP contribution in [0.1, 0.15) is 43.0 Å². The molecule has 0 bridgehead atoms. The number of amides is 2. The van der Waals surface area contributed by atoms with Crippen molar-refractivity contribution in [3.05, 3.63) is 36.2 Å². The van der Waals surface area contributed by atoms with Crippen molar-refractivity contribution in [2.45, 2.75) is 57.0 Å². The fraction of sp³-hybridized carbons (Fsp3) is 0.565. The molecule has 1 aromatic carbocycles. The predicted octanol–water partition coefficient (Wildman–Crippen LogP) is 1.10. The van der Waals surface area contributed by atoms with Crippen molar-refractivity contribution in [1.29, 1.82) is 0 Å². The van der Waals surface area contributed by atoms with Crippen LogP contribution in [0.4, 0.5) is 4.39 Å². The van der Waals surface area contributed by atoms with E-state index in [1.165, 1.54) is 15.9 Å². The fourth-order valence-electron chi connectivity index (χ4n) is 5.30. The lowest BCUT2D eigenvalue weighted by Gasteiger charge is -2.35. The van der Waals surface area contributed by atoms with Crippen LogP contribution in [-0.4, -0.2) is 80.2 Å². The molecular formula is C23H27FN6O4. The molecule has 34 heavy (non-hydrogen) atoms. The number of benzene rings is 1. The molecule has 180 valence electrons. The number of aromatic nitrogens is 4. The summed E-state index contributed by atoms with van der Waals surface area (Å²) in [4.78, 5) is 40.6. The Morgan fingerprint density at radius 1 is 1.24 bits per heavy atom. The molecule has 10 nitrogen and oxygen atoms in total. The third kappa shape index (κ3) is 4.20. The normalized spacial score (nSPS) is 29.6. The van der Waals surface area contributed by atoms with Crippen molar-refractivity contribution in [3.8, 4) is 5.69 Å². The van der Waals surface area contributed by atoms with Crippen LogP contribution in [0, 0.1) is 11.8 Å².